The lowest BCUT2D eigenvalue weighted by Crippen LogP contribution is -2.28. The van der Waals surface area contributed by atoms with Crippen LogP contribution in [0, 0.1) is 0 Å². The van der Waals surface area contributed by atoms with Crippen molar-refractivity contribution in [3.8, 4) is 0 Å². The van der Waals surface area contributed by atoms with Gasteiger partial charge >= 0.3 is 11.9 Å². The summed E-state index contributed by atoms with van der Waals surface area (Å²) in [6.45, 7) is 4.04. The fourth-order valence-corrected chi connectivity index (χ4v) is 7.63. The predicted octanol–water partition coefficient (Wildman–Crippen LogP) is 16.7. The smallest absolute Gasteiger partial charge is 0.306 e. The topological polar surface area (TPSA) is 72.8 Å². The van der Waals surface area contributed by atoms with E-state index in [9.17, 15) is 14.7 Å². The second-order valence-electron chi connectivity index (χ2n) is 17.2. The Balaban J connectivity index is 3.42. The highest BCUT2D eigenvalue weighted by Gasteiger charge is 2.16. The van der Waals surface area contributed by atoms with Crippen LogP contribution in [0.3, 0.4) is 0 Å². The first-order chi connectivity index (χ1) is 28.6. The van der Waals surface area contributed by atoms with E-state index in [-0.39, 0.29) is 25.2 Å². The van der Waals surface area contributed by atoms with Gasteiger partial charge in [-0.3, -0.25) is 9.59 Å². The van der Waals surface area contributed by atoms with E-state index in [1.165, 1.54) is 173 Å². The van der Waals surface area contributed by atoms with Gasteiger partial charge in [-0.25, -0.2) is 0 Å². The van der Waals surface area contributed by atoms with E-state index in [1.54, 1.807) is 0 Å². The van der Waals surface area contributed by atoms with Crippen molar-refractivity contribution in [2.45, 2.75) is 277 Å². The molecule has 5 heteroatoms. The first-order valence-electron chi connectivity index (χ1n) is 25.5. The summed E-state index contributed by atoms with van der Waals surface area (Å²) in [5.74, 6) is -0.599. The molecular formula is C53H98O5. The Bertz CT molecular complexity index is 924. The maximum absolute atomic E-state index is 12.2. The van der Waals surface area contributed by atoms with Crippen LogP contribution in [0.25, 0.3) is 0 Å². The summed E-state index contributed by atoms with van der Waals surface area (Å²) in [7, 11) is 0. The number of aliphatic hydroxyl groups is 1. The Labute approximate surface area is 361 Å². The molecular weight excluding hydrogens is 717 g/mol. The highest BCUT2D eigenvalue weighted by molar-refractivity contribution is 5.70. The van der Waals surface area contributed by atoms with E-state index < -0.39 is 6.10 Å². The zero-order chi connectivity index (χ0) is 42.1. The number of allylic oxidation sites excluding steroid dienone is 6. The van der Waals surface area contributed by atoms with Gasteiger partial charge in [0.25, 0.3) is 0 Å². The summed E-state index contributed by atoms with van der Waals surface area (Å²) in [5.41, 5.74) is 0. The third kappa shape index (κ3) is 46.8. The number of esters is 2. The van der Waals surface area contributed by atoms with Crippen LogP contribution in [0.1, 0.15) is 271 Å². The van der Waals surface area contributed by atoms with Crippen molar-refractivity contribution >= 4 is 11.9 Å². The molecule has 0 bridgehead atoms. The minimum atomic E-state index is -0.778. The first-order valence-corrected chi connectivity index (χ1v) is 25.5. The van der Waals surface area contributed by atoms with Crippen molar-refractivity contribution in [2.24, 2.45) is 0 Å². The van der Waals surface area contributed by atoms with Gasteiger partial charge in [0.1, 0.15) is 6.61 Å². The van der Waals surface area contributed by atoms with Gasteiger partial charge in [-0.05, 0) is 44.9 Å². The van der Waals surface area contributed by atoms with E-state index in [0.29, 0.717) is 12.8 Å². The minimum absolute atomic E-state index is 0.0696. The van der Waals surface area contributed by atoms with Gasteiger partial charge in [-0.15, -0.1) is 0 Å². The molecule has 0 saturated carbocycles. The summed E-state index contributed by atoms with van der Waals surface area (Å²) >= 11 is 0. The second-order valence-corrected chi connectivity index (χ2v) is 17.2. The molecule has 1 unspecified atom stereocenters. The van der Waals surface area contributed by atoms with E-state index in [2.05, 4.69) is 50.3 Å². The predicted molar refractivity (Wildman–Crippen MR) is 251 cm³/mol. The van der Waals surface area contributed by atoms with Crippen molar-refractivity contribution in [1.29, 1.82) is 0 Å². The zero-order valence-corrected chi connectivity index (χ0v) is 38.8. The molecule has 0 spiro atoms. The summed E-state index contributed by atoms with van der Waals surface area (Å²) in [6.07, 6.45) is 62.6. The highest BCUT2D eigenvalue weighted by atomic mass is 16.6. The molecule has 0 aliphatic heterocycles. The Kier molecular flexibility index (Phi) is 47.9. The molecule has 5 nitrogen and oxygen atoms in total. The van der Waals surface area contributed by atoms with Crippen LogP contribution in [-0.2, 0) is 19.1 Å². The van der Waals surface area contributed by atoms with Crippen LogP contribution >= 0.6 is 0 Å². The van der Waals surface area contributed by atoms with Gasteiger partial charge in [-0.1, -0.05) is 249 Å². The average Bonchev–Trinajstić information content (AvgIpc) is 3.23. The lowest BCUT2D eigenvalue weighted by atomic mass is 10.0. The molecule has 0 fully saturated rings. The fraction of sp³-hybridized carbons (Fsp3) is 0.849. The molecule has 0 aromatic carbocycles. The summed E-state index contributed by atoms with van der Waals surface area (Å²) in [5, 5.41) is 9.60. The third-order valence-corrected chi connectivity index (χ3v) is 11.4. The highest BCUT2D eigenvalue weighted by Crippen LogP contribution is 2.17. The van der Waals surface area contributed by atoms with Crippen LogP contribution < -0.4 is 0 Å². The molecule has 0 aliphatic carbocycles. The van der Waals surface area contributed by atoms with Crippen molar-refractivity contribution in [3.63, 3.8) is 0 Å². The minimum Gasteiger partial charge on any atom is -0.462 e. The van der Waals surface area contributed by atoms with E-state index in [4.69, 9.17) is 9.47 Å². The largest absolute Gasteiger partial charge is 0.462 e. The Morgan fingerprint density at radius 2 is 0.741 bits per heavy atom. The second kappa shape index (κ2) is 49.5. The van der Waals surface area contributed by atoms with Gasteiger partial charge in [0.05, 0.1) is 6.61 Å². The molecule has 1 atom stereocenters. The van der Waals surface area contributed by atoms with Crippen LogP contribution in [0.4, 0.5) is 0 Å². The molecule has 0 aromatic rings. The fourth-order valence-electron chi connectivity index (χ4n) is 7.63. The lowest BCUT2D eigenvalue weighted by Gasteiger charge is -2.15. The monoisotopic (exact) mass is 815 g/mol. The number of aliphatic hydroxyl groups excluding tert-OH is 1. The quantitative estimate of drug-likeness (QED) is 0.0376. The molecule has 0 aromatic heterocycles. The third-order valence-electron chi connectivity index (χ3n) is 11.4. The molecule has 1 N–H and O–H groups in total. The van der Waals surface area contributed by atoms with Crippen LogP contribution in [0.2, 0.25) is 0 Å². The first kappa shape index (κ1) is 56.1. The Morgan fingerprint density at radius 1 is 0.414 bits per heavy atom. The molecule has 0 radical (unpaired) electrons. The molecule has 0 heterocycles. The number of rotatable bonds is 47. The van der Waals surface area contributed by atoms with Crippen molar-refractivity contribution in [3.05, 3.63) is 36.5 Å². The van der Waals surface area contributed by atoms with Gasteiger partial charge in [0.15, 0.2) is 6.10 Å². The molecule has 0 rings (SSSR count). The summed E-state index contributed by atoms with van der Waals surface area (Å²) < 4.78 is 10.7. The molecule has 0 aliphatic rings. The van der Waals surface area contributed by atoms with Gasteiger partial charge < -0.3 is 14.6 Å². The van der Waals surface area contributed by atoms with Gasteiger partial charge in [0.2, 0.25) is 0 Å². The maximum Gasteiger partial charge on any atom is 0.306 e. The molecule has 58 heavy (non-hydrogen) atoms. The van der Waals surface area contributed by atoms with Crippen molar-refractivity contribution < 1.29 is 24.2 Å². The Morgan fingerprint density at radius 3 is 1.12 bits per heavy atom. The zero-order valence-electron chi connectivity index (χ0n) is 38.8. The SMILES string of the molecule is CC/C=C\C/C=C\C/C=C\CCCCCCCC(=O)OC(CO)COC(=O)CCCCCCCCCCCCCCCCCCCCCCCCCCCCCCC. The average molecular weight is 815 g/mol. The number of ether oxygens (including phenoxy) is 2. The van der Waals surface area contributed by atoms with Crippen molar-refractivity contribution in [2.75, 3.05) is 13.2 Å². The van der Waals surface area contributed by atoms with E-state index >= 15 is 0 Å². The molecule has 0 amide bonds. The number of carbonyl (C=O) groups is 2. The maximum atomic E-state index is 12.2. The van der Waals surface area contributed by atoms with Crippen LogP contribution in [0.15, 0.2) is 36.5 Å². The summed E-state index contributed by atoms with van der Waals surface area (Å²) in [4.78, 5) is 24.4. The normalized spacial score (nSPS) is 12.4. The summed E-state index contributed by atoms with van der Waals surface area (Å²) in [6, 6.07) is 0. The van der Waals surface area contributed by atoms with Crippen molar-refractivity contribution in [1.82, 2.24) is 0 Å². The van der Waals surface area contributed by atoms with E-state index in [1.807, 2.05) is 0 Å². The van der Waals surface area contributed by atoms with Gasteiger partial charge in [-0.2, -0.15) is 0 Å². The van der Waals surface area contributed by atoms with Crippen LogP contribution in [0.5, 0.6) is 0 Å². The van der Waals surface area contributed by atoms with Crippen LogP contribution in [-0.4, -0.2) is 36.4 Å². The Hall–Kier alpha value is -1.88. The number of hydrogen-bond acceptors (Lipinski definition) is 5. The van der Waals surface area contributed by atoms with Gasteiger partial charge in [0, 0.05) is 12.8 Å². The molecule has 340 valence electrons. The lowest BCUT2D eigenvalue weighted by molar-refractivity contribution is -0.161. The number of unbranched alkanes of at least 4 members (excludes halogenated alkanes) is 33. The number of carbonyl (C=O) groups excluding carboxylic acids is 2. The number of hydrogen-bond donors (Lipinski definition) is 1. The molecule has 0 saturated heterocycles. The standard InChI is InChI=1S/C53H98O5/c1-3-5-7-9-11-13-15-17-19-20-21-22-23-24-25-26-27-28-29-30-31-32-34-35-37-39-41-43-45-47-52(55)57-50-51(49-54)58-53(56)48-46-44-42-40-38-36-33-18-16-14-12-10-8-6-4-2/h6,8,12,14,18,33,51,54H,3-5,7,9-11,13,15-17,19-32,34-50H2,1-2H3/b8-6-,14-12-,33-18-. The van der Waals surface area contributed by atoms with E-state index in [0.717, 1.165) is 70.6 Å².